The summed E-state index contributed by atoms with van der Waals surface area (Å²) >= 11 is 0. The van der Waals surface area contributed by atoms with Crippen molar-refractivity contribution in [3.05, 3.63) is 119 Å². The molecule has 0 bridgehead atoms. The molecule has 4 heteroatoms. The number of aryl methyl sites for hydroxylation is 2. The van der Waals surface area contributed by atoms with Gasteiger partial charge in [0, 0.05) is 71.6 Å². The van der Waals surface area contributed by atoms with E-state index in [0.717, 1.165) is 45.7 Å². The molecule has 272 valence electrons. The first kappa shape index (κ1) is 39.6. The van der Waals surface area contributed by atoms with Crippen LogP contribution in [0.15, 0.2) is 85.5 Å². The second kappa shape index (κ2) is 18.4. The molecule has 51 heavy (non-hydrogen) atoms. The van der Waals surface area contributed by atoms with Gasteiger partial charge in [0.05, 0.1) is 0 Å². The van der Waals surface area contributed by atoms with Gasteiger partial charge in [-0.05, 0) is 107 Å². The Morgan fingerprint density at radius 3 is 1.31 bits per heavy atom. The van der Waals surface area contributed by atoms with Crippen molar-refractivity contribution < 1.29 is 9.13 Å². The average molecular weight is 687 g/mol. The first-order valence-electron chi connectivity index (χ1n) is 19.5. The summed E-state index contributed by atoms with van der Waals surface area (Å²) < 4.78 is 4.80. The monoisotopic (exact) mass is 687 g/mol. The summed E-state index contributed by atoms with van der Waals surface area (Å²) in [4.78, 5) is 4.76. The molecule has 0 spiro atoms. The molecule has 0 aliphatic rings. The Morgan fingerprint density at radius 2 is 0.941 bits per heavy atom. The third-order valence-electron chi connectivity index (χ3n) is 10.9. The van der Waals surface area contributed by atoms with E-state index in [4.69, 9.17) is 0 Å². The van der Waals surface area contributed by atoms with E-state index in [0.29, 0.717) is 0 Å². The SMILES string of the molecule is CCN(CC)c1ccc(C=Cc2cc[n+](CC(C)(C)CCC(C)(CC)C[n+]3ccc(C=Cc4ccc(N(CC)CC)cc4)c(C)c3)cc2C)cc1. The Labute approximate surface area is 311 Å². The second-order valence-corrected chi connectivity index (χ2v) is 15.5. The van der Waals surface area contributed by atoms with Crippen LogP contribution in [0.25, 0.3) is 24.3 Å². The van der Waals surface area contributed by atoms with Crippen LogP contribution < -0.4 is 18.9 Å². The highest BCUT2D eigenvalue weighted by molar-refractivity contribution is 5.72. The molecule has 0 aliphatic heterocycles. The van der Waals surface area contributed by atoms with Crippen LogP contribution in [-0.4, -0.2) is 26.2 Å². The number of nitrogens with zero attached hydrogens (tertiary/aromatic N) is 4. The van der Waals surface area contributed by atoms with Crippen LogP contribution in [0.5, 0.6) is 0 Å². The van der Waals surface area contributed by atoms with Gasteiger partial charge in [0.15, 0.2) is 37.9 Å². The maximum Gasteiger partial charge on any atom is 0.172 e. The Bertz CT molecular complexity index is 1720. The van der Waals surface area contributed by atoms with Crippen molar-refractivity contribution in [1.29, 1.82) is 0 Å². The van der Waals surface area contributed by atoms with Crippen LogP contribution in [0.2, 0.25) is 0 Å². The van der Waals surface area contributed by atoms with Crippen LogP contribution in [0.3, 0.4) is 0 Å². The van der Waals surface area contributed by atoms with E-state index in [2.05, 4.69) is 198 Å². The Balaban J connectivity index is 1.33. The molecule has 4 aromatic rings. The molecule has 0 saturated heterocycles. The lowest BCUT2D eigenvalue weighted by molar-refractivity contribution is -0.712. The zero-order chi connectivity index (χ0) is 37.0. The van der Waals surface area contributed by atoms with Gasteiger partial charge in [-0.3, -0.25) is 0 Å². The smallest absolute Gasteiger partial charge is 0.172 e. The summed E-state index contributed by atoms with van der Waals surface area (Å²) in [6.07, 6.45) is 21.7. The summed E-state index contributed by atoms with van der Waals surface area (Å²) in [5.41, 5.74) is 10.6. The number of pyridine rings is 2. The highest BCUT2D eigenvalue weighted by Crippen LogP contribution is 2.34. The minimum atomic E-state index is 0.191. The second-order valence-electron chi connectivity index (χ2n) is 15.5. The molecular weight excluding hydrogens is 621 g/mol. The van der Waals surface area contributed by atoms with Crippen LogP contribution in [0, 0.1) is 24.7 Å². The fourth-order valence-corrected chi connectivity index (χ4v) is 7.08. The van der Waals surface area contributed by atoms with E-state index in [1.165, 1.54) is 57.6 Å². The highest BCUT2D eigenvalue weighted by Gasteiger charge is 2.32. The van der Waals surface area contributed by atoms with Crippen molar-refractivity contribution in [3.63, 3.8) is 0 Å². The van der Waals surface area contributed by atoms with E-state index < -0.39 is 0 Å². The predicted molar refractivity (Wildman–Crippen MR) is 222 cm³/mol. The van der Waals surface area contributed by atoms with Gasteiger partial charge in [-0.15, -0.1) is 0 Å². The minimum Gasteiger partial charge on any atom is -0.372 e. The largest absolute Gasteiger partial charge is 0.372 e. The fraction of sp³-hybridized carbons (Fsp3) is 0.447. The lowest BCUT2D eigenvalue weighted by atomic mass is 9.76. The molecule has 2 aromatic heterocycles. The van der Waals surface area contributed by atoms with E-state index >= 15 is 0 Å². The third kappa shape index (κ3) is 11.4. The Hall–Kier alpha value is -4.18. The molecule has 0 saturated carbocycles. The van der Waals surface area contributed by atoms with Gasteiger partial charge in [-0.1, -0.05) is 76.3 Å². The predicted octanol–water partition coefficient (Wildman–Crippen LogP) is 10.8. The summed E-state index contributed by atoms with van der Waals surface area (Å²) in [5.74, 6) is 0. The number of hydrogen-bond donors (Lipinski definition) is 0. The van der Waals surface area contributed by atoms with Gasteiger partial charge in [0.25, 0.3) is 0 Å². The number of anilines is 2. The topological polar surface area (TPSA) is 14.2 Å². The molecule has 1 unspecified atom stereocenters. The average Bonchev–Trinajstić information content (AvgIpc) is 3.12. The lowest BCUT2D eigenvalue weighted by Crippen LogP contribution is -2.44. The van der Waals surface area contributed by atoms with Crippen molar-refractivity contribution in [1.82, 2.24) is 0 Å². The van der Waals surface area contributed by atoms with Gasteiger partial charge in [-0.25, -0.2) is 9.13 Å². The molecule has 2 heterocycles. The minimum absolute atomic E-state index is 0.191. The maximum atomic E-state index is 2.47. The summed E-state index contributed by atoms with van der Waals surface area (Å²) in [6, 6.07) is 22.3. The zero-order valence-corrected chi connectivity index (χ0v) is 33.5. The number of hydrogen-bond acceptors (Lipinski definition) is 2. The van der Waals surface area contributed by atoms with Crippen molar-refractivity contribution >= 4 is 35.7 Å². The number of benzene rings is 2. The first-order chi connectivity index (χ1) is 24.4. The van der Waals surface area contributed by atoms with Gasteiger partial charge < -0.3 is 9.80 Å². The Morgan fingerprint density at radius 1 is 0.529 bits per heavy atom. The molecular formula is C47H66N4+2. The van der Waals surface area contributed by atoms with Gasteiger partial charge in [-0.2, -0.15) is 0 Å². The first-order valence-corrected chi connectivity index (χ1v) is 19.5. The summed E-state index contributed by atoms with van der Waals surface area (Å²) in [5, 5.41) is 0. The summed E-state index contributed by atoms with van der Waals surface area (Å²) in [6.45, 7) is 29.1. The normalized spacial score (nSPS) is 13.2. The van der Waals surface area contributed by atoms with Crippen molar-refractivity contribution in [2.24, 2.45) is 10.8 Å². The standard InChI is InChI=1S/C47H66N4/c1-11-47(10,37-49-33-29-43(39(7)35-49)23-17-41-20-26-45(27-21-41)51(14-4)15-5)31-30-46(8,9)36-48-32-28-42(38(6)34-48)22-16-40-18-24-44(25-19-40)50(12-2)13-3/h16-29,32-35H,11-15,30-31,36-37H2,1-10H3/q+2. The van der Waals surface area contributed by atoms with Gasteiger partial charge >= 0.3 is 0 Å². The van der Waals surface area contributed by atoms with Crippen LogP contribution in [0.4, 0.5) is 11.4 Å². The van der Waals surface area contributed by atoms with Gasteiger partial charge in [0.2, 0.25) is 0 Å². The van der Waals surface area contributed by atoms with Crippen LogP contribution >= 0.6 is 0 Å². The maximum absolute atomic E-state index is 2.47. The molecule has 0 N–H and O–H groups in total. The zero-order valence-electron chi connectivity index (χ0n) is 33.5. The fourth-order valence-electron chi connectivity index (χ4n) is 7.08. The lowest BCUT2D eigenvalue weighted by Gasteiger charge is -2.30. The van der Waals surface area contributed by atoms with Crippen LogP contribution in [-0.2, 0) is 13.1 Å². The molecule has 4 nitrogen and oxygen atoms in total. The van der Waals surface area contributed by atoms with Crippen molar-refractivity contribution in [2.75, 3.05) is 36.0 Å². The molecule has 1 atom stereocenters. The van der Waals surface area contributed by atoms with E-state index in [9.17, 15) is 0 Å². The molecule has 2 aromatic carbocycles. The van der Waals surface area contributed by atoms with Crippen molar-refractivity contribution in [3.8, 4) is 0 Å². The van der Waals surface area contributed by atoms with E-state index in [-0.39, 0.29) is 10.8 Å². The summed E-state index contributed by atoms with van der Waals surface area (Å²) in [7, 11) is 0. The van der Waals surface area contributed by atoms with Crippen molar-refractivity contribution in [2.45, 2.75) is 102 Å². The third-order valence-corrected chi connectivity index (χ3v) is 10.9. The van der Waals surface area contributed by atoms with Gasteiger partial charge in [0.1, 0.15) is 0 Å². The van der Waals surface area contributed by atoms with E-state index in [1.807, 2.05) is 0 Å². The quantitative estimate of drug-likeness (QED) is 0.0968. The Kier molecular flexibility index (Phi) is 14.3. The highest BCUT2D eigenvalue weighted by atomic mass is 15.1. The molecule has 4 rings (SSSR count). The number of rotatable bonds is 18. The van der Waals surface area contributed by atoms with Crippen LogP contribution in [0.1, 0.15) is 108 Å². The molecule has 0 aliphatic carbocycles. The van der Waals surface area contributed by atoms with E-state index in [1.54, 1.807) is 0 Å². The molecule has 0 radical (unpaired) electrons. The molecule has 0 amide bonds. The number of aromatic nitrogens is 2. The molecule has 0 fully saturated rings.